The molecule has 1 heterocycles. The summed E-state index contributed by atoms with van der Waals surface area (Å²) in [6, 6.07) is 12.0. The first-order valence-electron chi connectivity index (χ1n) is 7.68. The summed E-state index contributed by atoms with van der Waals surface area (Å²) < 4.78 is 39.8. The Morgan fingerprint density at radius 2 is 1.81 bits per heavy atom. The molecule has 7 heteroatoms. The van der Waals surface area contributed by atoms with E-state index in [0.717, 1.165) is 17.7 Å². The number of carbonyl (C=O) groups is 1. The van der Waals surface area contributed by atoms with Crippen LogP contribution in [0, 0.1) is 24.4 Å². The van der Waals surface area contributed by atoms with Gasteiger partial charge in [0.1, 0.15) is 5.82 Å². The van der Waals surface area contributed by atoms with E-state index in [1.165, 1.54) is 12.3 Å². The minimum absolute atomic E-state index is 0.212. The Kier molecular flexibility index (Phi) is 4.88. The Labute approximate surface area is 147 Å². The number of nitrogens with one attached hydrogen (secondary N) is 2. The molecule has 0 aliphatic rings. The summed E-state index contributed by atoms with van der Waals surface area (Å²) in [6.45, 7) is 1.89. The highest BCUT2D eigenvalue weighted by Gasteiger charge is 2.14. The molecule has 0 bridgehead atoms. The Hall–Kier alpha value is -3.35. The molecule has 0 aliphatic heterocycles. The second-order valence-electron chi connectivity index (χ2n) is 5.60. The third kappa shape index (κ3) is 3.83. The van der Waals surface area contributed by atoms with Crippen molar-refractivity contribution in [2.45, 2.75) is 6.92 Å². The van der Waals surface area contributed by atoms with Crippen molar-refractivity contribution >= 4 is 23.1 Å². The van der Waals surface area contributed by atoms with Crippen LogP contribution in [0.5, 0.6) is 0 Å². The molecule has 0 atom stereocenters. The zero-order chi connectivity index (χ0) is 18.7. The molecule has 1 amide bonds. The summed E-state index contributed by atoms with van der Waals surface area (Å²) in [7, 11) is 0. The number of aryl methyl sites for hydroxylation is 1. The Morgan fingerprint density at radius 1 is 1.00 bits per heavy atom. The average Bonchev–Trinajstić information content (AvgIpc) is 2.64. The van der Waals surface area contributed by atoms with Gasteiger partial charge in [0.15, 0.2) is 17.5 Å². The van der Waals surface area contributed by atoms with E-state index in [9.17, 15) is 18.0 Å². The number of anilines is 3. The fraction of sp³-hybridized carbons (Fsp3) is 0.0526. The molecular formula is C19H14F3N3O. The van der Waals surface area contributed by atoms with E-state index >= 15 is 0 Å². The molecule has 0 spiro atoms. The number of hydrogen-bond acceptors (Lipinski definition) is 3. The van der Waals surface area contributed by atoms with E-state index in [-0.39, 0.29) is 17.4 Å². The van der Waals surface area contributed by atoms with Crippen LogP contribution in [0.15, 0.2) is 54.7 Å². The molecule has 0 saturated heterocycles. The molecule has 4 nitrogen and oxygen atoms in total. The number of nitrogens with zero attached hydrogens (tertiary/aromatic N) is 1. The first kappa shape index (κ1) is 17.5. The molecule has 0 radical (unpaired) electrons. The van der Waals surface area contributed by atoms with Crippen molar-refractivity contribution in [1.29, 1.82) is 0 Å². The topological polar surface area (TPSA) is 54.0 Å². The van der Waals surface area contributed by atoms with Gasteiger partial charge in [0.2, 0.25) is 0 Å². The van der Waals surface area contributed by atoms with Crippen LogP contribution in [0.2, 0.25) is 0 Å². The molecule has 3 aromatic rings. The van der Waals surface area contributed by atoms with Gasteiger partial charge >= 0.3 is 0 Å². The summed E-state index contributed by atoms with van der Waals surface area (Å²) in [5.41, 5.74) is 1.67. The van der Waals surface area contributed by atoms with Crippen LogP contribution in [0.1, 0.15) is 15.9 Å². The summed E-state index contributed by atoms with van der Waals surface area (Å²) >= 11 is 0. The van der Waals surface area contributed by atoms with Gasteiger partial charge in [0, 0.05) is 5.56 Å². The van der Waals surface area contributed by atoms with Crippen molar-refractivity contribution in [3.8, 4) is 0 Å². The summed E-state index contributed by atoms with van der Waals surface area (Å²) in [6.07, 6.45) is 1.37. The smallest absolute Gasteiger partial charge is 0.255 e. The lowest BCUT2D eigenvalue weighted by atomic mass is 10.1. The Bertz CT molecular complexity index is 959. The van der Waals surface area contributed by atoms with Crippen LogP contribution in [0.25, 0.3) is 0 Å². The van der Waals surface area contributed by atoms with E-state index < -0.39 is 17.5 Å². The largest absolute Gasteiger partial charge is 0.338 e. The molecule has 3 rings (SSSR count). The lowest BCUT2D eigenvalue weighted by Crippen LogP contribution is -2.12. The van der Waals surface area contributed by atoms with Gasteiger partial charge in [-0.3, -0.25) is 4.79 Å². The number of benzene rings is 2. The molecule has 2 aromatic carbocycles. The number of amides is 1. The van der Waals surface area contributed by atoms with Crippen LogP contribution in [0.3, 0.4) is 0 Å². The van der Waals surface area contributed by atoms with Gasteiger partial charge in [-0.1, -0.05) is 17.7 Å². The maximum absolute atomic E-state index is 13.7. The summed E-state index contributed by atoms with van der Waals surface area (Å²) in [5, 5.41) is 5.25. The van der Waals surface area contributed by atoms with Crippen LogP contribution in [-0.4, -0.2) is 10.9 Å². The highest BCUT2D eigenvalue weighted by Crippen LogP contribution is 2.23. The second kappa shape index (κ2) is 7.26. The number of halogens is 3. The van der Waals surface area contributed by atoms with Gasteiger partial charge in [-0.2, -0.15) is 0 Å². The van der Waals surface area contributed by atoms with Crippen molar-refractivity contribution in [3.05, 3.63) is 83.3 Å². The second-order valence-corrected chi connectivity index (χ2v) is 5.60. The zero-order valence-electron chi connectivity index (χ0n) is 13.7. The van der Waals surface area contributed by atoms with E-state index in [0.29, 0.717) is 11.3 Å². The maximum Gasteiger partial charge on any atom is 0.255 e. The number of rotatable bonds is 4. The maximum atomic E-state index is 13.7. The lowest BCUT2D eigenvalue weighted by Gasteiger charge is -2.09. The highest BCUT2D eigenvalue weighted by atomic mass is 19.2. The summed E-state index contributed by atoms with van der Waals surface area (Å²) in [4.78, 5) is 16.2. The molecule has 1 aromatic heterocycles. The number of aromatic nitrogens is 1. The van der Waals surface area contributed by atoms with E-state index in [4.69, 9.17) is 0 Å². The predicted octanol–water partition coefficient (Wildman–Crippen LogP) is 4.80. The molecule has 132 valence electrons. The van der Waals surface area contributed by atoms with Gasteiger partial charge in [-0.15, -0.1) is 0 Å². The average molecular weight is 357 g/mol. The molecule has 2 N–H and O–H groups in total. The van der Waals surface area contributed by atoms with Gasteiger partial charge in [-0.25, -0.2) is 18.2 Å². The van der Waals surface area contributed by atoms with Crippen molar-refractivity contribution in [3.63, 3.8) is 0 Å². The third-order valence-corrected chi connectivity index (χ3v) is 3.60. The van der Waals surface area contributed by atoms with Gasteiger partial charge < -0.3 is 10.6 Å². The quantitative estimate of drug-likeness (QED) is 0.659. The van der Waals surface area contributed by atoms with Crippen molar-refractivity contribution < 1.29 is 18.0 Å². The van der Waals surface area contributed by atoms with Crippen LogP contribution in [-0.2, 0) is 0 Å². The monoisotopic (exact) mass is 357 g/mol. The van der Waals surface area contributed by atoms with Crippen molar-refractivity contribution in [1.82, 2.24) is 4.98 Å². The van der Waals surface area contributed by atoms with Gasteiger partial charge in [0.25, 0.3) is 5.91 Å². The number of carbonyl (C=O) groups excluding carboxylic acids is 1. The SMILES string of the molecule is Cc1cccc(C(=O)Nc2ccc(Nc3ccc(F)c(F)c3F)nc2)c1. The molecule has 0 fully saturated rings. The molecular weight excluding hydrogens is 343 g/mol. The number of pyridine rings is 1. The van der Waals surface area contributed by atoms with E-state index in [2.05, 4.69) is 15.6 Å². The van der Waals surface area contributed by atoms with Crippen LogP contribution in [0.4, 0.5) is 30.4 Å². The minimum atomic E-state index is -1.56. The van der Waals surface area contributed by atoms with Gasteiger partial charge in [0.05, 0.1) is 17.6 Å². The first-order valence-corrected chi connectivity index (χ1v) is 7.68. The van der Waals surface area contributed by atoms with Crippen LogP contribution < -0.4 is 10.6 Å². The van der Waals surface area contributed by atoms with E-state index in [1.54, 1.807) is 24.3 Å². The Morgan fingerprint density at radius 3 is 2.50 bits per heavy atom. The fourth-order valence-electron chi connectivity index (χ4n) is 2.29. The van der Waals surface area contributed by atoms with E-state index in [1.807, 2.05) is 13.0 Å². The number of hydrogen-bond donors (Lipinski definition) is 2. The molecule has 26 heavy (non-hydrogen) atoms. The first-order chi connectivity index (χ1) is 12.4. The Balaban J connectivity index is 1.71. The van der Waals surface area contributed by atoms with Gasteiger partial charge in [-0.05, 0) is 43.3 Å². The third-order valence-electron chi connectivity index (χ3n) is 3.60. The lowest BCUT2D eigenvalue weighted by molar-refractivity contribution is 0.102. The minimum Gasteiger partial charge on any atom is -0.338 e. The molecule has 0 unspecified atom stereocenters. The fourth-order valence-corrected chi connectivity index (χ4v) is 2.29. The van der Waals surface area contributed by atoms with Crippen molar-refractivity contribution in [2.24, 2.45) is 0 Å². The normalized spacial score (nSPS) is 10.5. The zero-order valence-corrected chi connectivity index (χ0v) is 13.7. The summed E-state index contributed by atoms with van der Waals surface area (Å²) in [5.74, 6) is -4.23. The predicted molar refractivity (Wildman–Crippen MR) is 93.0 cm³/mol. The highest BCUT2D eigenvalue weighted by molar-refractivity contribution is 6.04. The molecule has 0 saturated carbocycles. The van der Waals surface area contributed by atoms with Crippen molar-refractivity contribution in [2.75, 3.05) is 10.6 Å². The molecule has 0 aliphatic carbocycles. The standard InChI is InChI=1S/C19H14F3N3O/c1-11-3-2-4-12(9-11)19(26)24-13-5-8-16(23-10-13)25-15-7-6-14(20)17(21)18(15)22/h2-10H,1H3,(H,23,25)(H,24,26). The van der Waals surface area contributed by atoms with Crippen LogP contribution >= 0.6 is 0 Å².